The largest absolute Gasteiger partial charge is 2.00 e. The van der Waals surface area contributed by atoms with Crippen LogP contribution in [0.4, 0.5) is 28.9 Å². The van der Waals surface area contributed by atoms with Crippen molar-refractivity contribution in [3.63, 3.8) is 0 Å². The molecular weight excluding hydrogens is 820 g/mol. The van der Waals surface area contributed by atoms with Crippen LogP contribution in [0.25, 0.3) is 16.6 Å². The van der Waals surface area contributed by atoms with Crippen molar-refractivity contribution in [3.05, 3.63) is 165 Å². The molecule has 0 bridgehead atoms. The summed E-state index contributed by atoms with van der Waals surface area (Å²) in [5, 5.41) is 5.08. The molecule has 0 amide bonds. The molecule has 0 saturated heterocycles. The molecule has 4 aromatic carbocycles. The molecule has 0 radical (unpaired) electrons. The zero-order chi connectivity index (χ0) is 44.9. The van der Waals surface area contributed by atoms with Crippen molar-refractivity contribution in [1.29, 1.82) is 0 Å². The van der Waals surface area contributed by atoms with Crippen molar-refractivity contribution in [2.45, 2.75) is 139 Å². The van der Waals surface area contributed by atoms with Crippen LogP contribution in [0.5, 0.6) is 0 Å². The van der Waals surface area contributed by atoms with E-state index in [0.29, 0.717) is 23.7 Å². The number of allylic oxidation sites excluding steroid dienone is 2. The van der Waals surface area contributed by atoms with Crippen LogP contribution in [0.1, 0.15) is 160 Å². The molecular formula is C53H67F4N3Zn. The quantitative estimate of drug-likeness (QED) is 0.0234. The van der Waals surface area contributed by atoms with Crippen LogP contribution < -0.4 is 0 Å². The summed E-state index contributed by atoms with van der Waals surface area (Å²) < 4.78 is 51.7. The van der Waals surface area contributed by atoms with Gasteiger partial charge in [-0.25, -0.2) is 8.78 Å². The molecule has 0 N–H and O–H groups in total. The molecule has 5 aromatic rings. The smallest absolute Gasteiger partial charge is 0.661 e. The Bertz CT molecular complexity index is 2040. The molecule has 5 rings (SSSR count). The molecule has 0 unspecified atom stereocenters. The Labute approximate surface area is 378 Å². The van der Waals surface area contributed by atoms with Gasteiger partial charge in [0.15, 0.2) is 0 Å². The van der Waals surface area contributed by atoms with Gasteiger partial charge >= 0.3 is 19.5 Å². The number of hydrogen-bond acceptors (Lipinski definition) is 2. The van der Waals surface area contributed by atoms with Gasteiger partial charge in [0.1, 0.15) is 11.6 Å². The van der Waals surface area contributed by atoms with Crippen molar-refractivity contribution in [2.24, 2.45) is 4.99 Å². The summed E-state index contributed by atoms with van der Waals surface area (Å²) >= 11 is 0. The summed E-state index contributed by atoms with van der Waals surface area (Å²) in [4.78, 5) is 8.77. The molecule has 0 spiro atoms. The van der Waals surface area contributed by atoms with E-state index >= 15 is 0 Å². The molecule has 1 aromatic heterocycles. The maximum atomic E-state index is 13.3. The number of nitrogens with zero attached hydrogens (tertiary/aromatic N) is 3. The van der Waals surface area contributed by atoms with Gasteiger partial charge in [-0.15, -0.1) is 5.69 Å². The second-order valence-electron chi connectivity index (χ2n) is 16.2. The van der Waals surface area contributed by atoms with Gasteiger partial charge in [0.05, 0.1) is 17.3 Å². The Morgan fingerprint density at radius 3 is 1.52 bits per heavy atom. The van der Waals surface area contributed by atoms with Gasteiger partial charge in [-0.3, -0.25) is 13.8 Å². The molecule has 0 aliphatic carbocycles. The molecule has 324 valence electrons. The van der Waals surface area contributed by atoms with E-state index in [1.165, 1.54) is 71.8 Å². The number of benzene rings is 4. The summed E-state index contributed by atoms with van der Waals surface area (Å²) in [6.07, 6.45) is 8.97. The van der Waals surface area contributed by atoms with Gasteiger partial charge in [0.25, 0.3) is 0 Å². The van der Waals surface area contributed by atoms with Crippen molar-refractivity contribution in [3.8, 4) is 11.3 Å². The number of aliphatic imine (C=N–C) groups is 1. The van der Waals surface area contributed by atoms with Crippen LogP contribution in [0, 0.1) is 36.3 Å². The first-order valence-corrected chi connectivity index (χ1v) is 21.3. The Morgan fingerprint density at radius 2 is 1.11 bits per heavy atom. The van der Waals surface area contributed by atoms with Gasteiger partial charge in [-0.1, -0.05) is 215 Å². The molecule has 0 aliphatic heterocycles. The molecule has 61 heavy (non-hydrogen) atoms. The van der Waals surface area contributed by atoms with Gasteiger partial charge in [0, 0.05) is 11.9 Å². The fourth-order valence-electron chi connectivity index (χ4n) is 6.24. The SMILES string of the molecule is CC(/C=C(/C)[N-]c1c(C(C)C)cccc1C(C)C)=Nc1c(C(C)C)cccc1C(C)C.CCCCCC.Cc1ccccc1.Fc1[c-]c(-c2ccccn2)c(F)c(F)c1F.[Zn+2]. The number of unbranched alkanes of at least 4 members (excludes halogenated alkanes) is 3. The van der Waals surface area contributed by atoms with Crippen LogP contribution in [0.3, 0.4) is 0 Å². The second kappa shape index (κ2) is 28.2. The van der Waals surface area contributed by atoms with Crippen LogP contribution >= 0.6 is 0 Å². The third-order valence-corrected chi connectivity index (χ3v) is 9.53. The molecule has 0 atom stereocenters. The number of aromatic nitrogens is 1. The third-order valence-electron chi connectivity index (χ3n) is 9.53. The number of hydrogen-bond donors (Lipinski definition) is 0. The molecule has 1 heterocycles. The van der Waals surface area contributed by atoms with Gasteiger partial charge in [-0.2, -0.15) is 5.70 Å². The van der Waals surface area contributed by atoms with E-state index in [1.54, 1.807) is 12.1 Å². The Balaban J connectivity index is 0.000000508. The average Bonchev–Trinajstić information content (AvgIpc) is 3.21. The molecule has 8 heteroatoms. The topological polar surface area (TPSA) is 39.4 Å². The minimum absolute atomic E-state index is 0. The first-order valence-electron chi connectivity index (χ1n) is 21.3. The number of aryl methyl sites for hydroxylation is 1. The van der Waals surface area contributed by atoms with Crippen LogP contribution in [-0.4, -0.2) is 10.7 Å². The molecule has 3 nitrogen and oxygen atoms in total. The summed E-state index contributed by atoms with van der Waals surface area (Å²) in [5.74, 6) is -5.07. The standard InChI is InChI=1S/C29H41N2.C11H4F4N.C7H8.C6H14.Zn/c1-18(2)24-13-11-14-25(19(3)4)28(24)30-22(9)17-23(10)31-29-26(20(5)6)15-12-16-27(29)21(7)8;12-7-5-6(8-3-1-2-4-16-8)9(13)11(15)10(7)14;1-7-5-3-2-4-6-7;1-3-5-6-4-2;/h11-21H,1-10H3;1-4H;2-6H,1H3;3-6H2,1-2H3;/q2*-1;;;+2/b22-17-,31-23?;;;;. The zero-order valence-corrected chi connectivity index (χ0v) is 41.9. The minimum Gasteiger partial charge on any atom is -0.661 e. The zero-order valence-electron chi connectivity index (χ0n) is 38.9. The second-order valence-corrected chi connectivity index (χ2v) is 16.2. The van der Waals surface area contributed by atoms with Gasteiger partial charge in [0.2, 0.25) is 0 Å². The van der Waals surface area contributed by atoms with Crippen molar-refractivity contribution in [2.75, 3.05) is 0 Å². The molecule has 0 aliphatic rings. The number of para-hydroxylation sites is 2. The fourth-order valence-corrected chi connectivity index (χ4v) is 6.24. The van der Waals surface area contributed by atoms with Gasteiger partial charge < -0.3 is 10.3 Å². The van der Waals surface area contributed by atoms with E-state index in [4.69, 9.17) is 10.3 Å². The van der Waals surface area contributed by atoms with Crippen molar-refractivity contribution >= 4 is 17.1 Å². The van der Waals surface area contributed by atoms with Crippen LogP contribution in [0.2, 0.25) is 0 Å². The van der Waals surface area contributed by atoms with E-state index in [1.807, 2.05) is 18.2 Å². The predicted octanol–water partition coefficient (Wildman–Crippen LogP) is 17.6. The number of halogens is 4. The van der Waals surface area contributed by atoms with E-state index in [2.05, 4.69) is 150 Å². The van der Waals surface area contributed by atoms with Crippen molar-refractivity contribution in [1.82, 2.24) is 4.98 Å². The number of pyridine rings is 1. The first-order chi connectivity index (χ1) is 28.4. The summed E-state index contributed by atoms with van der Waals surface area (Å²) in [5.41, 5.74) is 10.2. The maximum absolute atomic E-state index is 13.3. The average molecular weight is 888 g/mol. The molecule has 0 saturated carbocycles. The van der Waals surface area contributed by atoms with E-state index in [0.717, 1.165) is 22.8 Å². The van der Waals surface area contributed by atoms with Crippen LogP contribution in [0.15, 0.2) is 108 Å². The predicted molar refractivity (Wildman–Crippen MR) is 248 cm³/mol. The normalized spacial score (nSPS) is 11.3. The maximum Gasteiger partial charge on any atom is 2.00 e. The van der Waals surface area contributed by atoms with E-state index in [-0.39, 0.29) is 25.2 Å². The molecule has 0 fully saturated rings. The summed E-state index contributed by atoms with van der Waals surface area (Å²) in [6.45, 7) is 28.6. The van der Waals surface area contributed by atoms with Crippen molar-refractivity contribution < 1.29 is 37.0 Å². The summed E-state index contributed by atoms with van der Waals surface area (Å²) in [6, 6.07) is 29.6. The minimum atomic E-state index is -1.88. The third kappa shape index (κ3) is 17.8. The fraction of sp³-hybridized carbons (Fsp3) is 0.396. The Hall–Kier alpha value is -4.42. The van der Waals surface area contributed by atoms with Gasteiger partial charge in [-0.05, 0) is 60.4 Å². The Morgan fingerprint density at radius 1 is 0.639 bits per heavy atom. The van der Waals surface area contributed by atoms with E-state index in [9.17, 15) is 17.6 Å². The van der Waals surface area contributed by atoms with Crippen LogP contribution in [-0.2, 0) is 19.5 Å². The monoisotopic (exact) mass is 885 g/mol. The van der Waals surface area contributed by atoms with E-state index < -0.39 is 28.8 Å². The number of rotatable bonds is 12. The summed E-state index contributed by atoms with van der Waals surface area (Å²) in [7, 11) is 0. The Kier molecular flexibility index (Phi) is 25.3. The first kappa shape index (κ1) is 54.6.